The minimum Gasteiger partial charge on any atom is -0.399 e. The molecule has 5 heteroatoms. The molecule has 0 aliphatic heterocycles. The summed E-state index contributed by atoms with van der Waals surface area (Å²) in [5.41, 5.74) is 9.34. The number of fused-ring (bicyclic) bond motifs is 1. The number of hydrogen-bond acceptors (Lipinski definition) is 2. The third-order valence-electron chi connectivity index (χ3n) is 3.00. The number of rotatable bonds is 1. The Morgan fingerprint density at radius 3 is 2.74 bits per heavy atom. The summed E-state index contributed by atoms with van der Waals surface area (Å²) in [7, 11) is 0. The molecule has 3 aromatic rings. The van der Waals surface area contributed by atoms with Crippen LogP contribution in [0.15, 0.2) is 36.4 Å². The van der Waals surface area contributed by atoms with Crippen LogP contribution in [0.2, 0.25) is 5.02 Å². The minimum absolute atomic E-state index is 0.714. The van der Waals surface area contributed by atoms with E-state index >= 15 is 0 Å². The number of aromatic nitrogens is 2. The van der Waals surface area contributed by atoms with Gasteiger partial charge < -0.3 is 5.73 Å². The second-order valence-electron chi connectivity index (χ2n) is 4.34. The first-order valence-electron chi connectivity index (χ1n) is 5.76. The maximum Gasteiger partial charge on any atom is 0.111 e. The van der Waals surface area contributed by atoms with E-state index in [0.717, 1.165) is 26.1 Å². The van der Waals surface area contributed by atoms with Crippen molar-refractivity contribution in [3.8, 4) is 5.69 Å². The monoisotopic (exact) mass is 383 g/mol. The van der Waals surface area contributed by atoms with Crippen molar-refractivity contribution >= 4 is 50.9 Å². The molecule has 2 N–H and O–H groups in total. The minimum atomic E-state index is 0.714. The second-order valence-corrected chi connectivity index (χ2v) is 5.99. The fourth-order valence-electron chi connectivity index (χ4n) is 2.18. The van der Waals surface area contributed by atoms with E-state index in [0.29, 0.717) is 10.7 Å². The number of hydrogen-bond donors (Lipinski definition) is 1. The van der Waals surface area contributed by atoms with E-state index in [1.807, 2.05) is 47.9 Å². The summed E-state index contributed by atoms with van der Waals surface area (Å²) < 4.78 is 3.16. The maximum atomic E-state index is 6.35. The lowest BCUT2D eigenvalue weighted by atomic mass is 10.2. The van der Waals surface area contributed by atoms with Crippen molar-refractivity contribution in [2.45, 2.75) is 6.92 Å². The fourth-order valence-corrected chi connectivity index (χ4v) is 3.12. The quantitative estimate of drug-likeness (QED) is 0.506. The number of imidazole rings is 1. The number of nitrogens with two attached hydrogens (primary N) is 1. The van der Waals surface area contributed by atoms with Gasteiger partial charge in [-0.3, -0.25) is 4.57 Å². The van der Waals surface area contributed by atoms with Gasteiger partial charge in [-0.1, -0.05) is 11.6 Å². The summed E-state index contributed by atoms with van der Waals surface area (Å²) in [6.45, 7) is 1.96. The molecule has 3 rings (SSSR count). The molecule has 0 atom stereocenters. The van der Waals surface area contributed by atoms with Crippen LogP contribution in [0.1, 0.15) is 5.82 Å². The summed E-state index contributed by atoms with van der Waals surface area (Å²) in [6, 6.07) is 11.7. The topological polar surface area (TPSA) is 43.8 Å². The van der Waals surface area contributed by atoms with Crippen molar-refractivity contribution in [1.82, 2.24) is 9.55 Å². The summed E-state index contributed by atoms with van der Waals surface area (Å²) >= 11 is 8.59. The van der Waals surface area contributed by atoms with Gasteiger partial charge in [0.2, 0.25) is 0 Å². The number of anilines is 1. The van der Waals surface area contributed by atoms with Gasteiger partial charge in [0.15, 0.2) is 0 Å². The first kappa shape index (κ1) is 12.7. The molecule has 2 aromatic carbocycles. The van der Waals surface area contributed by atoms with E-state index in [9.17, 15) is 0 Å². The molecule has 0 bridgehead atoms. The van der Waals surface area contributed by atoms with Gasteiger partial charge >= 0.3 is 0 Å². The molecule has 0 aliphatic rings. The van der Waals surface area contributed by atoms with Crippen molar-refractivity contribution < 1.29 is 0 Å². The molecule has 0 aliphatic carbocycles. The highest BCUT2D eigenvalue weighted by molar-refractivity contribution is 14.1. The average molecular weight is 384 g/mol. The lowest BCUT2D eigenvalue weighted by Crippen LogP contribution is -1.98. The van der Waals surface area contributed by atoms with Crippen LogP contribution in [-0.2, 0) is 0 Å². The molecule has 0 fully saturated rings. The summed E-state index contributed by atoms with van der Waals surface area (Å²) in [6.07, 6.45) is 0. The number of aryl methyl sites for hydroxylation is 1. The average Bonchev–Trinajstić information content (AvgIpc) is 2.65. The van der Waals surface area contributed by atoms with Gasteiger partial charge in [-0.15, -0.1) is 0 Å². The van der Waals surface area contributed by atoms with Gasteiger partial charge in [0.1, 0.15) is 5.82 Å². The zero-order valence-corrected chi connectivity index (χ0v) is 13.1. The zero-order valence-electron chi connectivity index (χ0n) is 10.2. The summed E-state index contributed by atoms with van der Waals surface area (Å²) in [4.78, 5) is 4.54. The Bertz CT molecular complexity index is 780. The summed E-state index contributed by atoms with van der Waals surface area (Å²) in [5.74, 6) is 0.892. The lowest BCUT2D eigenvalue weighted by molar-refractivity contribution is 1.00. The van der Waals surface area contributed by atoms with Crippen LogP contribution >= 0.6 is 34.2 Å². The Morgan fingerprint density at radius 2 is 2.00 bits per heavy atom. The van der Waals surface area contributed by atoms with Gasteiger partial charge in [-0.05, 0) is 65.9 Å². The molecule has 19 heavy (non-hydrogen) atoms. The lowest BCUT2D eigenvalue weighted by Gasteiger charge is -2.09. The van der Waals surface area contributed by atoms with Crippen LogP contribution in [0.5, 0.6) is 0 Å². The Morgan fingerprint density at radius 1 is 1.21 bits per heavy atom. The molecule has 0 unspecified atom stereocenters. The molecule has 0 radical (unpaired) electrons. The van der Waals surface area contributed by atoms with Crippen LogP contribution in [0.3, 0.4) is 0 Å². The van der Waals surface area contributed by atoms with Crippen LogP contribution < -0.4 is 5.73 Å². The molecule has 0 saturated carbocycles. The molecule has 0 saturated heterocycles. The third-order valence-corrected chi connectivity index (χ3v) is 3.97. The molecule has 1 aromatic heterocycles. The normalized spacial score (nSPS) is 11.1. The zero-order chi connectivity index (χ0) is 13.6. The van der Waals surface area contributed by atoms with Crippen molar-refractivity contribution in [2.24, 2.45) is 0 Å². The van der Waals surface area contributed by atoms with Crippen molar-refractivity contribution in [2.75, 3.05) is 5.73 Å². The van der Waals surface area contributed by atoms with Crippen molar-refractivity contribution in [3.63, 3.8) is 0 Å². The Balaban J connectivity index is 2.33. The predicted octanol–water partition coefficient (Wildman–Crippen LogP) is 4.17. The molecule has 3 nitrogen and oxygen atoms in total. The molecule has 0 amide bonds. The fraction of sp³-hybridized carbons (Fsp3) is 0.0714. The van der Waals surface area contributed by atoms with E-state index in [4.69, 9.17) is 17.3 Å². The molecular formula is C14H11ClIN3. The number of nitrogen functional groups attached to an aromatic ring is 1. The van der Waals surface area contributed by atoms with Crippen molar-refractivity contribution in [3.05, 3.63) is 50.8 Å². The van der Waals surface area contributed by atoms with Crippen LogP contribution in [0.25, 0.3) is 16.7 Å². The first-order chi connectivity index (χ1) is 9.06. The van der Waals surface area contributed by atoms with Gasteiger partial charge in [-0.2, -0.15) is 0 Å². The van der Waals surface area contributed by atoms with E-state index < -0.39 is 0 Å². The Labute approximate surface area is 129 Å². The summed E-state index contributed by atoms with van der Waals surface area (Å²) in [5, 5.41) is 0.714. The highest BCUT2D eigenvalue weighted by Crippen LogP contribution is 2.28. The second kappa shape index (κ2) is 4.68. The largest absolute Gasteiger partial charge is 0.399 e. The number of nitrogens with zero attached hydrogens (tertiary/aromatic N) is 2. The van der Waals surface area contributed by atoms with E-state index in [1.165, 1.54) is 0 Å². The Kier molecular flexibility index (Phi) is 3.14. The van der Waals surface area contributed by atoms with Gasteiger partial charge in [-0.25, -0.2) is 4.98 Å². The third kappa shape index (κ3) is 2.19. The predicted molar refractivity (Wildman–Crippen MR) is 87.9 cm³/mol. The highest BCUT2D eigenvalue weighted by Gasteiger charge is 2.12. The number of halogens is 2. The van der Waals surface area contributed by atoms with E-state index in [-0.39, 0.29) is 0 Å². The maximum absolute atomic E-state index is 6.35. The van der Waals surface area contributed by atoms with E-state index in [1.54, 1.807) is 0 Å². The smallest absolute Gasteiger partial charge is 0.111 e. The standard InChI is InChI=1S/C14H11ClIN3/c1-8-18-12-7-10(17)3-5-14(12)19(8)13-4-2-9(16)6-11(13)15/h2-7H,17H2,1H3. The van der Waals surface area contributed by atoms with Crippen LogP contribution in [-0.4, -0.2) is 9.55 Å². The molecule has 0 spiro atoms. The highest BCUT2D eigenvalue weighted by atomic mass is 127. The molecule has 1 heterocycles. The van der Waals surface area contributed by atoms with Gasteiger partial charge in [0.05, 0.1) is 21.7 Å². The molecule has 96 valence electrons. The Hall–Kier alpha value is -1.27. The van der Waals surface area contributed by atoms with Crippen molar-refractivity contribution in [1.29, 1.82) is 0 Å². The SMILES string of the molecule is Cc1nc2cc(N)ccc2n1-c1ccc(I)cc1Cl. The first-order valence-corrected chi connectivity index (χ1v) is 7.22. The van der Waals surface area contributed by atoms with Crippen LogP contribution in [0.4, 0.5) is 5.69 Å². The van der Waals surface area contributed by atoms with E-state index in [2.05, 4.69) is 27.6 Å². The molecular weight excluding hydrogens is 373 g/mol. The van der Waals surface area contributed by atoms with Gasteiger partial charge in [0, 0.05) is 9.26 Å². The van der Waals surface area contributed by atoms with Gasteiger partial charge in [0.25, 0.3) is 0 Å². The number of benzene rings is 2. The van der Waals surface area contributed by atoms with Crippen LogP contribution in [0, 0.1) is 10.5 Å².